The van der Waals surface area contributed by atoms with Gasteiger partial charge in [0, 0.05) is 12.3 Å². The van der Waals surface area contributed by atoms with Crippen molar-refractivity contribution in [3.8, 4) is 0 Å². The Kier molecular flexibility index (Phi) is 5.74. The molecule has 1 fully saturated rings. The van der Waals surface area contributed by atoms with Gasteiger partial charge in [-0.2, -0.15) is 0 Å². The summed E-state index contributed by atoms with van der Waals surface area (Å²) in [5, 5.41) is 10.6. The van der Waals surface area contributed by atoms with Gasteiger partial charge in [-0.1, -0.05) is 42.5 Å². The lowest BCUT2D eigenvalue weighted by atomic mass is 9.63. The molecule has 25 heavy (non-hydrogen) atoms. The third kappa shape index (κ3) is 3.96. The lowest BCUT2D eigenvalue weighted by Crippen LogP contribution is -2.55. The summed E-state index contributed by atoms with van der Waals surface area (Å²) in [6, 6.07) is 9.24. The molecule has 1 aliphatic carbocycles. The fraction of sp³-hybridized carbons (Fsp3) is 0.421. The first-order valence-electron chi connectivity index (χ1n) is 7.96. The molecule has 134 valence electrons. The molecule has 0 bridgehead atoms. The molecule has 0 heterocycles. The number of benzene rings is 1. The summed E-state index contributed by atoms with van der Waals surface area (Å²) in [5.41, 5.74) is -0.771. The lowest BCUT2D eigenvalue weighted by molar-refractivity contribution is -0.172. The SMILES string of the molecule is COC(=O)[C@@H]1C(=O)C[C@@](C)(O)[C@@H](C(=O)OC)[C@@H]1/C=C/c1ccccc1. The van der Waals surface area contributed by atoms with Gasteiger partial charge in [0.25, 0.3) is 0 Å². The highest BCUT2D eigenvalue weighted by molar-refractivity contribution is 6.02. The summed E-state index contributed by atoms with van der Waals surface area (Å²) >= 11 is 0. The first-order valence-corrected chi connectivity index (χ1v) is 7.96. The Morgan fingerprint density at radius 3 is 2.32 bits per heavy atom. The number of ether oxygens (including phenoxy) is 2. The number of Topliss-reactive ketones (excluding diaryl/α,β-unsaturated/α-hetero) is 1. The van der Waals surface area contributed by atoms with Crippen LogP contribution in [0.4, 0.5) is 0 Å². The van der Waals surface area contributed by atoms with Gasteiger partial charge in [-0.3, -0.25) is 14.4 Å². The van der Waals surface area contributed by atoms with Crippen LogP contribution in [-0.4, -0.2) is 42.6 Å². The number of carbonyl (C=O) groups is 3. The number of esters is 2. The van der Waals surface area contributed by atoms with E-state index >= 15 is 0 Å². The first-order chi connectivity index (χ1) is 11.8. The van der Waals surface area contributed by atoms with Crippen LogP contribution in [0.1, 0.15) is 18.9 Å². The molecule has 1 N–H and O–H groups in total. The van der Waals surface area contributed by atoms with Crippen molar-refractivity contribution in [3.63, 3.8) is 0 Å². The van der Waals surface area contributed by atoms with E-state index in [1.54, 1.807) is 12.2 Å². The Labute approximate surface area is 146 Å². The molecule has 1 saturated carbocycles. The maximum atomic E-state index is 12.4. The van der Waals surface area contributed by atoms with Crippen LogP contribution in [-0.2, 0) is 23.9 Å². The van der Waals surface area contributed by atoms with E-state index in [1.807, 2.05) is 30.3 Å². The summed E-state index contributed by atoms with van der Waals surface area (Å²) in [6.45, 7) is 1.41. The fourth-order valence-electron chi connectivity index (χ4n) is 3.36. The number of methoxy groups -OCH3 is 2. The number of ketones is 1. The quantitative estimate of drug-likeness (QED) is 0.658. The maximum Gasteiger partial charge on any atom is 0.316 e. The van der Waals surface area contributed by atoms with Crippen LogP contribution < -0.4 is 0 Å². The molecule has 0 unspecified atom stereocenters. The van der Waals surface area contributed by atoms with Crippen molar-refractivity contribution in [1.82, 2.24) is 0 Å². The van der Waals surface area contributed by atoms with Gasteiger partial charge in [0.1, 0.15) is 5.92 Å². The second-order valence-corrected chi connectivity index (χ2v) is 6.35. The van der Waals surface area contributed by atoms with E-state index in [0.29, 0.717) is 0 Å². The van der Waals surface area contributed by atoms with Gasteiger partial charge < -0.3 is 14.6 Å². The molecule has 1 aliphatic rings. The molecule has 0 saturated heterocycles. The van der Waals surface area contributed by atoms with Gasteiger partial charge in [0.05, 0.1) is 25.7 Å². The second kappa shape index (κ2) is 7.61. The van der Waals surface area contributed by atoms with Gasteiger partial charge in [0.2, 0.25) is 0 Å². The molecule has 0 aromatic heterocycles. The summed E-state index contributed by atoms with van der Waals surface area (Å²) < 4.78 is 9.55. The zero-order valence-electron chi connectivity index (χ0n) is 14.5. The van der Waals surface area contributed by atoms with Gasteiger partial charge in [-0.15, -0.1) is 0 Å². The molecule has 0 aliphatic heterocycles. The molecule has 6 heteroatoms. The molecule has 6 nitrogen and oxygen atoms in total. The number of hydrogen-bond acceptors (Lipinski definition) is 6. The van der Waals surface area contributed by atoms with E-state index in [4.69, 9.17) is 9.47 Å². The summed E-state index contributed by atoms with van der Waals surface area (Å²) in [4.78, 5) is 36.9. The largest absolute Gasteiger partial charge is 0.469 e. The second-order valence-electron chi connectivity index (χ2n) is 6.35. The van der Waals surface area contributed by atoms with Gasteiger partial charge in [0.15, 0.2) is 5.78 Å². The first kappa shape index (κ1) is 18.9. The van der Waals surface area contributed by atoms with Crippen molar-refractivity contribution in [3.05, 3.63) is 42.0 Å². The van der Waals surface area contributed by atoms with Crippen molar-refractivity contribution in [2.75, 3.05) is 14.2 Å². The zero-order chi connectivity index (χ0) is 18.6. The van der Waals surface area contributed by atoms with Crippen LogP contribution >= 0.6 is 0 Å². The Hall–Kier alpha value is -2.47. The third-order valence-electron chi connectivity index (χ3n) is 4.54. The van der Waals surface area contributed by atoms with Crippen LogP contribution in [0.3, 0.4) is 0 Å². The molecule has 0 spiro atoms. The van der Waals surface area contributed by atoms with Gasteiger partial charge in [-0.25, -0.2) is 0 Å². The molecule has 1 aromatic carbocycles. The van der Waals surface area contributed by atoms with Crippen molar-refractivity contribution >= 4 is 23.8 Å². The average Bonchev–Trinajstić information content (AvgIpc) is 2.58. The monoisotopic (exact) mass is 346 g/mol. The normalized spacial score (nSPS) is 29.4. The third-order valence-corrected chi connectivity index (χ3v) is 4.54. The Balaban J connectivity index is 2.49. The molecule has 0 radical (unpaired) electrons. The fourth-order valence-corrected chi connectivity index (χ4v) is 3.36. The highest BCUT2D eigenvalue weighted by Crippen LogP contribution is 2.42. The Morgan fingerprint density at radius 2 is 1.76 bits per heavy atom. The molecular weight excluding hydrogens is 324 g/mol. The van der Waals surface area contributed by atoms with Crippen LogP contribution in [0.5, 0.6) is 0 Å². The molecular formula is C19H22O6. The predicted octanol–water partition coefficient (Wildman–Crippen LogP) is 1.62. The molecule has 4 atom stereocenters. The Morgan fingerprint density at radius 1 is 1.16 bits per heavy atom. The molecule has 0 amide bonds. The number of allylic oxidation sites excluding steroid dienone is 1. The smallest absolute Gasteiger partial charge is 0.316 e. The van der Waals surface area contributed by atoms with E-state index in [-0.39, 0.29) is 6.42 Å². The Bertz CT molecular complexity index is 676. The summed E-state index contributed by atoms with van der Waals surface area (Å²) in [5.74, 6) is -4.93. The minimum absolute atomic E-state index is 0.317. The predicted molar refractivity (Wildman–Crippen MR) is 90.2 cm³/mol. The van der Waals surface area contributed by atoms with Crippen molar-refractivity contribution in [2.45, 2.75) is 18.9 Å². The number of rotatable bonds is 4. The average molecular weight is 346 g/mol. The minimum atomic E-state index is -1.61. The van der Waals surface area contributed by atoms with Crippen molar-refractivity contribution in [1.29, 1.82) is 0 Å². The van der Waals surface area contributed by atoms with Crippen LogP contribution in [0.15, 0.2) is 36.4 Å². The minimum Gasteiger partial charge on any atom is -0.469 e. The molecule has 2 rings (SSSR count). The van der Waals surface area contributed by atoms with E-state index in [1.165, 1.54) is 21.1 Å². The van der Waals surface area contributed by atoms with Crippen LogP contribution in [0.25, 0.3) is 6.08 Å². The van der Waals surface area contributed by atoms with Crippen molar-refractivity contribution in [2.24, 2.45) is 17.8 Å². The lowest BCUT2D eigenvalue weighted by Gasteiger charge is -2.42. The van der Waals surface area contributed by atoms with E-state index in [9.17, 15) is 19.5 Å². The van der Waals surface area contributed by atoms with E-state index in [0.717, 1.165) is 5.56 Å². The number of hydrogen-bond donors (Lipinski definition) is 1. The maximum absolute atomic E-state index is 12.4. The number of carbonyl (C=O) groups excluding carboxylic acids is 3. The standard InChI is InChI=1S/C19H22O6/c1-19(23)11-14(20)15(17(21)24-2)13(16(19)18(22)25-3)10-9-12-7-5-4-6-8-12/h4-10,13,15-16,23H,11H2,1-3H3/b10-9+/t13-,15+,16-,19-/m1/s1. The topological polar surface area (TPSA) is 89.9 Å². The van der Waals surface area contributed by atoms with Gasteiger partial charge in [-0.05, 0) is 12.5 Å². The van der Waals surface area contributed by atoms with E-state index < -0.39 is 41.1 Å². The van der Waals surface area contributed by atoms with Crippen molar-refractivity contribution < 1.29 is 29.0 Å². The summed E-state index contributed by atoms with van der Waals surface area (Å²) in [7, 11) is 2.40. The van der Waals surface area contributed by atoms with Crippen LogP contribution in [0.2, 0.25) is 0 Å². The number of aliphatic hydroxyl groups is 1. The summed E-state index contributed by atoms with van der Waals surface area (Å²) in [6.07, 6.45) is 3.00. The van der Waals surface area contributed by atoms with Gasteiger partial charge >= 0.3 is 11.9 Å². The molecule has 1 aromatic rings. The highest BCUT2D eigenvalue weighted by Gasteiger charge is 2.55. The highest BCUT2D eigenvalue weighted by atomic mass is 16.5. The van der Waals surface area contributed by atoms with E-state index in [2.05, 4.69) is 0 Å². The van der Waals surface area contributed by atoms with Crippen LogP contribution in [0, 0.1) is 17.8 Å². The zero-order valence-corrected chi connectivity index (χ0v) is 14.5.